The van der Waals surface area contributed by atoms with Crippen LogP contribution in [0.5, 0.6) is 0 Å². The number of alkyl halides is 3. The van der Waals surface area contributed by atoms with Gasteiger partial charge < -0.3 is 29.5 Å². The summed E-state index contributed by atoms with van der Waals surface area (Å²) in [5, 5.41) is 28.5. The van der Waals surface area contributed by atoms with E-state index in [1.54, 1.807) is 6.20 Å². The minimum absolute atomic E-state index is 0.00416. The molecule has 10 nitrogen and oxygen atoms in total. The first-order chi connectivity index (χ1) is 26.9. The van der Waals surface area contributed by atoms with Crippen LogP contribution < -0.4 is 10.2 Å². The SMILES string of the molecule is CN(C)Cc1cc(-c2cccc3c(C[C@H](NC(O)c4c(F)cc(N5CCOC[C@@H]5C(F)(F)F)cc4CN4CCOCC4)C(=O)O)cccc23)c2cnccc2c1. The van der Waals surface area contributed by atoms with Crippen molar-refractivity contribution < 1.29 is 42.0 Å². The molecule has 2 saturated heterocycles. The number of morpholine rings is 2. The van der Waals surface area contributed by atoms with Crippen LogP contribution in [-0.4, -0.2) is 109 Å². The molecule has 2 aliphatic rings. The Balaban J connectivity index is 1.22. The molecular weight excluding hydrogens is 730 g/mol. The molecule has 0 spiro atoms. The van der Waals surface area contributed by atoms with Crippen LogP contribution in [0.3, 0.4) is 0 Å². The van der Waals surface area contributed by atoms with E-state index < -0.39 is 42.9 Å². The van der Waals surface area contributed by atoms with Gasteiger partial charge in [0.15, 0.2) is 0 Å². The molecule has 1 unspecified atom stereocenters. The minimum Gasteiger partial charge on any atom is -0.480 e. The summed E-state index contributed by atoms with van der Waals surface area (Å²) in [6, 6.07) is 16.9. The molecule has 0 aliphatic carbocycles. The van der Waals surface area contributed by atoms with E-state index in [0.29, 0.717) is 31.9 Å². The van der Waals surface area contributed by atoms with Crippen molar-refractivity contribution in [2.24, 2.45) is 0 Å². The summed E-state index contributed by atoms with van der Waals surface area (Å²) >= 11 is 0. The van der Waals surface area contributed by atoms with Gasteiger partial charge in [0.2, 0.25) is 0 Å². The van der Waals surface area contributed by atoms with Gasteiger partial charge in [0.1, 0.15) is 24.1 Å². The van der Waals surface area contributed by atoms with Crippen LogP contribution >= 0.6 is 0 Å². The first-order valence-electron chi connectivity index (χ1n) is 18.6. The number of hydrogen-bond acceptors (Lipinski definition) is 9. The molecule has 2 fully saturated rings. The normalized spacial score (nSPS) is 18.1. The van der Waals surface area contributed by atoms with E-state index in [2.05, 4.69) is 27.3 Å². The van der Waals surface area contributed by atoms with Crippen molar-refractivity contribution >= 4 is 33.2 Å². The molecule has 296 valence electrons. The molecule has 3 atom stereocenters. The number of nitrogens with zero attached hydrogens (tertiary/aromatic N) is 4. The molecule has 0 bridgehead atoms. The molecule has 1 aromatic heterocycles. The van der Waals surface area contributed by atoms with Crippen LogP contribution in [0.25, 0.3) is 32.7 Å². The van der Waals surface area contributed by atoms with Crippen molar-refractivity contribution in [3.05, 3.63) is 107 Å². The number of ether oxygens (including phenoxy) is 2. The first kappa shape index (κ1) is 39.5. The zero-order chi connectivity index (χ0) is 39.6. The molecule has 7 rings (SSSR count). The highest BCUT2D eigenvalue weighted by Crippen LogP contribution is 2.37. The lowest BCUT2D eigenvalue weighted by atomic mass is 9.90. The number of benzene rings is 4. The fourth-order valence-corrected chi connectivity index (χ4v) is 7.89. The predicted octanol–water partition coefficient (Wildman–Crippen LogP) is 6.13. The Kier molecular flexibility index (Phi) is 11.9. The van der Waals surface area contributed by atoms with Crippen molar-refractivity contribution in [1.29, 1.82) is 0 Å². The van der Waals surface area contributed by atoms with Crippen molar-refractivity contribution in [2.45, 2.75) is 44.0 Å². The van der Waals surface area contributed by atoms with Crippen LogP contribution in [0.1, 0.15) is 28.5 Å². The number of rotatable bonds is 12. The van der Waals surface area contributed by atoms with Crippen LogP contribution in [0.4, 0.5) is 23.2 Å². The lowest BCUT2D eigenvalue weighted by molar-refractivity contribution is -0.167. The van der Waals surface area contributed by atoms with Gasteiger partial charge in [0.05, 0.1) is 26.4 Å². The maximum absolute atomic E-state index is 16.3. The van der Waals surface area contributed by atoms with Crippen LogP contribution in [-0.2, 0) is 33.8 Å². The Morgan fingerprint density at radius 2 is 1.70 bits per heavy atom. The summed E-state index contributed by atoms with van der Waals surface area (Å²) in [5.74, 6) is -2.21. The summed E-state index contributed by atoms with van der Waals surface area (Å²) < 4.78 is 68.9. The van der Waals surface area contributed by atoms with Gasteiger partial charge >= 0.3 is 12.1 Å². The van der Waals surface area contributed by atoms with Gasteiger partial charge in [-0.1, -0.05) is 36.4 Å². The van der Waals surface area contributed by atoms with Crippen molar-refractivity contribution in [3.63, 3.8) is 0 Å². The molecule has 0 amide bonds. The van der Waals surface area contributed by atoms with E-state index in [1.165, 1.54) is 6.07 Å². The molecule has 4 aromatic carbocycles. The topological polar surface area (TPSA) is 111 Å². The third kappa shape index (κ3) is 8.65. The van der Waals surface area contributed by atoms with E-state index in [9.17, 15) is 28.2 Å². The van der Waals surface area contributed by atoms with Gasteiger partial charge in [-0.3, -0.25) is 20.0 Å². The Morgan fingerprint density at radius 1 is 0.946 bits per heavy atom. The molecule has 3 heterocycles. The summed E-state index contributed by atoms with van der Waals surface area (Å²) in [6.07, 6.45) is -2.88. The number of halogens is 4. The number of fused-ring (bicyclic) bond motifs is 2. The quantitative estimate of drug-likeness (QED) is 0.101. The molecule has 5 aromatic rings. The lowest BCUT2D eigenvalue weighted by Gasteiger charge is -2.39. The fraction of sp³-hybridized carbons (Fsp3) is 0.381. The van der Waals surface area contributed by atoms with E-state index >= 15 is 4.39 Å². The number of pyridine rings is 1. The van der Waals surface area contributed by atoms with Crippen LogP contribution in [0.15, 0.2) is 79.1 Å². The third-order valence-electron chi connectivity index (χ3n) is 10.5. The fourth-order valence-electron chi connectivity index (χ4n) is 7.89. The second-order valence-electron chi connectivity index (χ2n) is 14.7. The van der Waals surface area contributed by atoms with Crippen molar-refractivity contribution in [1.82, 2.24) is 20.1 Å². The monoisotopic (exact) mass is 775 g/mol. The highest BCUT2D eigenvalue weighted by atomic mass is 19.4. The number of nitrogens with one attached hydrogen (secondary N) is 1. The molecular formula is C42H45F4N5O5. The minimum atomic E-state index is -4.63. The highest BCUT2D eigenvalue weighted by molar-refractivity contribution is 6.06. The molecule has 3 N–H and O–H groups in total. The first-order valence-corrected chi connectivity index (χ1v) is 18.6. The summed E-state index contributed by atoms with van der Waals surface area (Å²) in [6.45, 7) is 1.98. The second kappa shape index (κ2) is 16.8. The van der Waals surface area contributed by atoms with Crippen molar-refractivity contribution in [3.8, 4) is 11.1 Å². The zero-order valence-electron chi connectivity index (χ0n) is 31.2. The smallest absolute Gasteiger partial charge is 0.411 e. The van der Waals surface area contributed by atoms with E-state index in [0.717, 1.165) is 55.7 Å². The maximum Gasteiger partial charge on any atom is 0.411 e. The van der Waals surface area contributed by atoms with Crippen LogP contribution in [0, 0.1) is 5.82 Å². The van der Waals surface area contributed by atoms with Gasteiger partial charge in [0.25, 0.3) is 0 Å². The Hall–Kier alpha value is -4.70. The average molecular weight is 776 g/mol. The molecule has 2 aliphatic heterocycles. The number of aliphatic hydroxyl groups is 1. The van der Waals surface area contributed by atoms with Gasteiger partial charge in [0, 0.05) is 61.8 Å². The number of carboxylic acid groups (broad SMARTS) is 1. The summed E-state index contributed by atoms with van der Waals surface area (Å²) in [4.78, 5) is 22.3. The molecule has 0 saturated carbocycles. The van der Waals surface area contributed by atoms with Gasteiger partial charge in [-0.15, -0.1) is 0 Å². The number of aliphatic carboxylic acids is 1. The number of aliphatic hydroxyl groups excluding tert-OH is 1. The van der Waals surface area contributed by atoms with Gasteiger partial charge in [-0.05, 0) is 94.8 Å². The number of carbonyl (C=O) groups is 1. The highest BCUT2D eigenvalue weighted by Gasteiger charge is 2.46. The number of aromatic nitrogens is 1. The predicted molar refractivity (Wildman–Crippen MR) is 206 cm³/mol. The molecule has 14 heteroatoms. The van der Waals surface area contributed by atoms with Gasteiger partial charge in [-0.2, -0.15) is 13.2 Å². The van der Waals surface area contributed by atoms with Gasteiger partial charge in [-0.25, -0.2) is 4.39 Å². The average Bonchev–Trinajstić information content (AvgIpc) is 3.17. The zero-order valence-corrected chi connectivity index (χ0v) is 31.2. The van der Waals surface area contributed by atoms with Crippen LogP contribution in [0.2, 0.25) is 0 Å². The van der Waals surface area contributed by atoms with E-state index in [1.807, 2.05) is 67.7 Å². The second-order valence-corrected chi connectivity index (χ2v) is 14.7. The number of anilines is 1. The van der Waals surface area contributed by atoms with Crippen molar-refractivity contribution in [2.75, 3.05) is 65.1 Å². The molecule has 56 heavy (non-hydrogen) atoms. The number of hydrogen-bond donors (Lipinski definition) is 3. The Labute approximate surface area is 322 Å². The van der Waals surface area contributed by atoms with E-state index in [4.69, 9.17) is 9.47 Å². The largest absolute Gasteiger partial charge is 0.480 e. The van der Waals surface area contributed by atoms with E-state index in [-0.39, 0.29) is 42.9 Å². The Morgan fingerprint density at radius 3 is 2.45 bits per heavy atom. The third-order valence-corrected chi connectivity index (χ3v) is 10.5. The lowest BCUT2D eigenvalue weighted by Crippen LogP contribution is -2.53. The summed E-state index contributed by atoms with van der Waals surface area (Å²) in [5.41, 5.74) is 3.78. The Bertz CT molecular complexity index is 2200. The standard InChI is InChI=1S/C42H45F4N5O5/c1-49(2)23-26-17-28-9-10-47-22-35(28)34(18-26)33-8-4-6-31-27(5-3-7-32(31)33)20-37(41(53)54)48-40(52)39-29(24-50-11-14-55-15-12-50)19-30(21-36(39)43)51-13-16-56-25-38(51)42(44,45)46/h3-10,17-19,21-22,37-38,40,48,52H,11-16,20,23-25H2,1-2H3,(H,53,54)/t37-,38+,40?/m0/s1. The summed E-state index contributed by atoms with van der Waals surface area (Å²) in [7, 11) is 4.02. The maximum atomic E-state index is 16.3. The number of carboxylic acids is 1. The molecule has 0 radical (unpaired) electrons.